The zero-order chi connectivity index (χ0) is 36.3. The molecule has 8 nitrogen and oxygen atoms in total. The van der Waals surface area contributed by atoms with E-state index in [9.17, 15) is 44.7 Å². The number of pyridine rings is 2. The van der Waals surface area contributed by atoms with Gasteiger partial charge in [0.25, 0.3) is 18.8 Å². The fourth-order valence-electron chi connectivity index (χ4n) is 5.44. The standard InChI is InChI=1S/C18H15F4NO3.C16H12F4N2O2.CH4/c1-2-25-18(24)14-8-12(10-4-3-9(19)7-13(10)20)11-5-6-15(16(21)22)26-17(11)23-14;17-7-1-2-8(11(18)5-7)10-6-12(15(21)23)22-16-9(10)3-4-13(24-16)14(19)20;/h3-4,7-8,15-16H,2,5-6H2,1H3;1-2,5-6,13-14H,3-4H2,(H2,21,23);1H4. The van der Waals surface area contributed by atoms with Gasteiger partial charge < -0.3 is 19.9 Å². The lowest BCUT2D eigenvalue weighted by Crippen LogP contribution is -2.31. The van der Waals surface area contributed by atoms with Crippen molar-refractivity contribution in [2.24, 2.45) is 5.73 Å². The third-order valence-corrected chi connectivity index (χ3v) is 7.80. The quantitative estimate of drug-likeness (QED) is 0.152. The van der Waals surface area contributed by atoms with Crippen LogP contribution in [0.25, 0.3) is 22.3 Å². The number of carbonyl (C=O) groups is 2. The predicted molar refractivity (Wildman–Crippen MR) is 168 cm³/mol. The van der Waals surface area contributed by atoms with Crippen molar-refractivity contribution in [1.82, 2.24) is 9.97 Å². The highest BCUT2D eigenvalue weighted by atomic mass is 19.3. The Morgan fingerprint density at radius 2 is 1.18 bits per heavy atom. The van der Waals surface area contributed by atoms with E-state index in [4.69, 9.17) is 19.9 Å². The minimum Gasteiger partial charge on any atom is -0.468 e. The molecular weight excluding hydrogens is 694 g/mol. The van der Waals surface area contributed by atoms with Gasteiger partial charge >= 0.3 is 5.97 Å². The molecule has 272 valence electrons. The zero-order valence-electron chi connectivity index (χ0n) is 26.0. The van der Waals surface area contributed by atoms with Gasteiger partial charge in [-0.05, 0) is 80.1 Å². The summed E-state index contributed by atoms with van der Waals surface area (Å²) in [6, 6.07) is 8.50. The Balaban J connectivity index is 0.000000225. The van der Waals surface area contributed by atoms with Crippen molar-refractivity contribution in [2.45, 2.75) is 65.1 Å². The topological polar surface area (TPSA) is 114 Å². The molecule has 0 bridgehead atoms. The molecule has 2 unspecified atom stereocenters. The third kappa shape index (κ3) is 8.55. The molecule has 0 saturated carbocycles. The second-order valence-corrected chi connectivity index (χ2v) is 11.1. The first-order chi connectivity index (χ1) is 23.8. The molecule has 2 aliphatic rings. The Morgan fingerprint density at radius 1 is 0.745 bits per heavy atom. The summed E-state index contributed by atoms with van der Waals surface area (Å²) in [5.41, 5.74) is 6.01. The van der Waals surface area contributed by atoms with Crippen LogP contribution < -0.4 is 15.2 Å². The number of fused-ring (bicyclic) bond motifs is 2. The second-order valence-electron chi connectivity index (χ2n) is 11.1. The van der Waals surface area contributed by atoms with Crippen LogP contribution in [0.15, 0.2) is 48.5 Å². The van der Waals surface area contributed by atoms with E-state index in [2.05, 4.69) is 9.97 Å². The normalized spacial score (nSPS) is 16.1. The highest BCUT2D eigenvalue weighted by molar-refractivity contribution is 5.93. The molecule has 2 N–H and O–H groups in total. The number of nitrogens with two attached hydrogens (primary N) is 1. The summed E-state index contributed by atoms with van der Waals surface area (Å²) in [7, 11) is 0. The largest absolute Gasteiger partial charge is 0.468 e. The van der Waals surface area contributed by atoms with Crippen molar-refractivity contribution in [1.29, 1.82) is 0 Å². The SMILES string of the molecule is C.CCOC(=O)c1cc(-c2ccc(F)cc2F)c2c(n1)OC(C(F)F)CC2.NC(=O)c1cc(-c2ccc(F)cc2F)c2c(n1)OC(C(F)F)CC2. The van der Waals surface area contributed by atoms with E-state index >= 15 is 0 Å². The molecule has 6 rings (SSSR count). The minimum absolute atomic E-state index is 0. The molecule has 0 spiro atoms. The van der Waals surface area contributed by atoms with Crippen LogP contribution in [0.1, 0.15) is 59.3 Å². The van der Waals surface area contributed by atoms with Crippen LogP contribution in [0, 0.1) is 23.3 Å². The van der Waals surface area contributed by atoms with Gasteiger partial charge in [-0.3, -0.25) is 4.79 Å². The van der Waals surface area contributed by atoms with Gasteiger partial charge in [-0.15, -0.1) is 0 Å². The number of aromatic nitrogens is 2. The molecule has 0 saturated heterocycles. The number of hydrogen-bond acceptors (Lipinski definition) is 7. The molecule has 16 heteroatoms. The van der Waals surface area contributed by atoms with Crippen molar-refractivity contribution in [2.75, 3.05) is 6.61 Å². The number of rotatable bonds is 7. The summed E-state index contributed by atoms with van der Waals surface area (Å²) < 4.78 is 122. The maximum atomic E-state index is 14.3. The van der Waals surface area contributed by atoms with E-state index in [1.165, 1.54) is 24.3 Å². The number of ether oxygens (including phenoxy) is 3. The smallest absolute Gasteiger partial charge is 0.357 e. The van der Waals surface area contributed by atoms with E-state index in [1.807, 2.05) is 0 Å². The van der Waals surface area contributed by atoms with Gasteiger partial charge in [0.1, 0.15) is 29.0 Å². The van der Waals surface area contributed by atoms with Crippen LogP contribution in [-0.2, 0) is 17.6 Å². The number of alkyl halides is 4. The molecule has 4 aromatic rings. The Kier molecular flexibility index (Phi) is 12.2. The van der Waals surface area contributed by atoms with Crippen LogP contribution in [-0.4, -0.2) is 53.5 Å². The van der Waals surface area contributed by atoms with Crippen LogP contribution in [0.5, 0.6) is 11.8 Å². The Bertz CT molecular complexity index is 1930. The number of amides is 1. The molecule has 2 aromatic carbocycles. The van der Waals surface area contributed by atoms with Gasteiger partial charge in [-0.1, -0.05) is 7.43 Å². The number of hydrogen-bond donors (Lipinski definition) is 1. The molecule has 2 aromatic heterocycles. The van der Waals surface area contributed by atoms with Crippen molar-refractivity contribution >= 4 is 11.9 Å². The van der Waals surface area contributed by atoms with Crippen molar-refractivity contribution in [3.63, 3.8) is 0 Å². The van der Waals surface area contributed by atoms with Crippen molar-refractivity contribution in [3.8, 4) is 34.0 Å². The zero-order valence-corrected chi connectivity index (χ0v) is 26.0. The molecule has 0 fully saturated rings. The van der Waals surface area contributed by atoms with Crippen LogP contribution in [0.2, 0.25) is 0 Å². The lowest BCUT2D eigenvalue weighted by atomic mass is 9.94. The van der Waals surface area contributed by atoms with E-state index in [0.717, 1.165) is 12.1 Å². The van der Waals surface area contributed by atoms with Crippen LogP contribution >= 0.6 is 0 Å². The first-order valence-corrected chi connectivity index (χ1v) is 15.1. The summed E-state index contributed by atoms with van der Waals surface area (Å²) in [5.74, 6) is -5.25. The van der Waals surface area contributed by atoms with Gasteiger partial charge in [0.05, 0.1) is 6.61 Å². The van der Waals surface area contributed by atoms with Crippen molar-refractivity contribution < 1.29 is 58.9 Å². The van der Waals surface area contributed by atoms with Gasteiger partial charge in [0.15, 0.2) is 17.9 Å². The predicted octanol–water partition coefficient (Wildman–Crippen LogP) is 7.88. The Morgan fingerprint density at radius 3 is 1.57 bits per heavy atom. The highest BCUT2D eigenvalue weighted by Crippen LogP contribution is 2.39. The van der Waals surface area contributed by atoms with Gasteiger partial charge in [-0.25, -0.2) is 49.9 Å². The average Bonchev–Trinajstić information content (AvgIpc) is 3.07. The summed E-state index contributed by atoms with van der Waals surface area (Å²) in [5, 5.41) is 0. The molecule has 2 atom stereocenters. The number of halogens is 8. The Hall–Kier alpha value is -5.28. The monoisotopic (exact) mass is 725 g/mol. The number of primary amides is 1. The summed E-state index contributed by atoms with van der Waals surface area (Å²) >= 11 is 0. The average molecular weight is 726 g/mol. The first-order valence-electron chi connectivity index (χ1n) is 15.1. The van der Waals surface area contributed by atoms with Crippen molar-refractivity contribution in [3.05, 3.63) is 94.3 Å². The van der Waals surface area contributed by atoms with Gasteiger partial charge in [0, 0.05) is 34.4 Å². The number of benzene rings is 2. The van der Waals surface area contributed by atoms with Gasteiger partial charge in [-0.2, -0.15) is 0 Å². The molecule has 0 radical (unpaired) electrons. The maximum absolute atomic E-state index is 14.3. The second kappa shape index (κ2) is 16.2. The van der Waals surface area contributed by atoms with E-state index < -0.39 is 60.2 Å². The first kappa shape index (κ1) is 38.5. The van der Waals surface area contributed by atoms with E-state index in [1.54, 1.807) is 6.92 Å². The summed E-state index contributed by atoms with van der Waals surface area (Å²) in [6.07, 6.45) is -7.82. The molecule has 4 heterocycles. The number of esters is 1. The summed E-state index contributed by atoms with van der Waals surface area (Å²) in [6.45, 7) is 1.68. The van der Waals surface area contributed by atoms with Crippen LogP contribution in [0.3, 0.4) is 0 Å². The van der Waals surface area contributed by atoms with E-state index in [-0.39, 0.29) is 85.1 Å². The highest BCUT2D eigenvalue weighted by Gasteiger charge is 2.33. The maximum Gasteiger partial charge on any atom is 0.357 e. The number of nitrogens with zero attached hydrogens (tertiary/aromatic N) is 2. The molecule has 51 heavy (non-hydrogen) atoms. The lowest BCUT2D eigenvalue weighted by Gasteiger charge is -2.26. The molecular formula is C35H31F8N3O5. The lowest BCUT2D eigenvalue weighted by molar-refractivity contribution is -0.00232. The molecule has 1 amide bonds. The fourth-order valence-corrected chi connectivity index (χ4v) is 5.44. The molecule has 0 aliphatic carbocycles. The summed E-state index contributed by atoms with van der Waals surface area (Å²) in [4.78, 5) is 31.3. The third-order valence-electron chi connectivity index (χ3n) is 7.80. The van der Waals surface area contributed by atoms with Gasteiger partial charge in [0.2, 0.25) is 11.8 Å². The van der Waals surface area contributed by atoms with Crippen LogP contribution in [0.4, 0.5) is 35.1 Å². The van der Waals surface area contributed by atoms with E-state index in [0.29, 0.717) is 23.3 Å². The number of carbonyl (C=O) groups excluding carboxylic acids is 2. The fraction of sp³-hybridized carbons (Fsp3) is 0.314. The molecule has 2 aliphatic heterocycles. The minimum atomic E-state index is -2.72. The Labute approximate surface area is 286 Å².